The summed E-state index contributed by atoms with van der Waals surface area (Å²) < 4.78 is 27.2. The molecule has 4 atom stereocenters. The summed E-state index contributed by atoms with van der Waals surface area (Å²) in [7, 11) is -3.06. The molecule has 3 aliphatic carbocycles. The van der Waals surface area contributed by atoms with Gasteiger partial charge in [0.05, 0.1) is 5.75 Å². The van der Waals surface area contributed by atoms with Gasteiger partial charge in [-0.05, 0) is 62.3 Å². The molecule has 20 heavy (non-hydrogen) atoms. The summed E-state index contributed by atoms with van der Waals surface area (Å²) in [6.45, 7) is 5.13. The molecule has 4 nitrogen and oxygen atoms in total. The lowest BCUT2D eigenvalue weighted by Crippen LogP contribution is -2.32. The van der Waals surface area contributed by atoms with E-state index >= 15 is 0 Å². The van der Waals surface area contributed by atoms with Crippen molar-refractivity contribution in [2.75, 3.05) is 12.3 Å². The van der Waals surface area contributed by atoms with Crippen LogP contribution in [0.5, 0.6) is 0 Å². The number of fused-ring (bicyclic) bond motifs is 5. The SMILES string of the molecule is CC(C)NCCCCS(=O)(=O)NC1C2C3CCC(C3)C12. The molecular formula is C15H28N2O2S. The van der Waals surface area contributed by atoms with E-state index in [9.17, 15) is 8.42 Å². The van der Waals surface area contributed by atoms with Crippen molar-refractivity contribution in [3.8, 4) is 0 Å². The molecular weight excluding hydrogens is 272 g/mol. The second kappa shape index (κ2) is 5.58. The molecule has 3 fully saturated rings. The minimum atomic E-state index is -3.06. The highest BCUT2D eigenvalue weighted by Crippen LogP contribution is 2.65. The molecule has 0 aromatic rings. The molecule has 5 heteroatoms. The van der Waals surface area contributed by atoms with Crippen molar-refractivity contribution in [3.05, 3.63) is 0 Å². The first-order chi connectivity index (χ1) is 9.48. The van der Waals surface area contributed by atoms with E-state index < -0.39 is 10.0 Å². The van der Waals surface area contributed by atoms with E-state index in [2.05, 4.69) is 23.9 Å². The Morgan fingerprint density at radius 2 is 1.75 bits per heavy atom. The molecule has 0 saturated heterocycles. The first-order valence-corrected chi connectivity index (χ1v) is 9.86. The Labute approximate surface area is 123 Å². The number of sulfonamides is 1. The van der Waals surface area contributed by atoms with Crippen molar-refractivity contribution in [1.82, 2.24) is 10.0 Å². The van der Waals surface area contributed by atoms with E-state index in [0.717, 1.165) is 31.2 Å². The lowest BCUT2D eigenvalue weighted by molar-refractivity contribution is 0.456. The Morgan fingerprint density at radius 1 is 1.10 bits per heavy atom. The van der Waals surface area contributed by atoms with Crippen LogP contribution in [0.25, 0.3) is 0 Å². The van der Waals surface area contributed by atoms with Gasteiger partial charge in [-0.25, -0.2) is 13.1 Å². The average Bonchev–Trinajstić information content (AvgIpc) is 2.76. The molecule has 0 aromatic heterocycles. The summed E-state index contributed by atoms with van der Waals surface area (Å²) in [5.74, 6) is 3.32. The fourth-order valence-electron chi connectivity index (χ4n) is 4.56. The van der Waals surface area contributed by atoms with Crippen LogP contribution < -0.4 is 10.0 Å². The highest BCUT2D eigenvalue weighted by molar-refractivity contribution is 7.89. The molecule has 0 aromatic carbocycles. The normalized spacial score (nSPS) is 38.5. The first kappa shape index (κ1) is 14.8. The van der Waals surface area contributed by atoms with Gasteiger partial charge in [-0.2, -0.15) is 0 Å². The van der Waals surface area contributed by atoms with Gasteiger partial charge in [0.25, 0.3) is 0 Å². The minimum absolute atomic E-state index is 0.290. The maximum Gasteiger partial charge on any atom is 0.211 e. The molecule has 2 bridgehead atoms. The topological polar surface area (TPSA) is 58.2 Å². The third-order valence-electron chi connectivity index (χ3n) is 5.44. The molecule has 4 unspecified atom stereocenters. The smallest absolute Gasteiger partial charge is 0.211 e. The zero-order valence-corrected chi connectivity index (χ0v) is 13.5. The van der Waals surface area contributed by atoms with Gasteiger partial charge in [-0.3, -0.25) is 0 Å². The third kappa shape index (κ3) is 3.04. The van der Waals surface area contributed by atoms with Crippen LogP contribution in [0.15, 0.2) is 0 Å². The summed E-state index contributed by atoms with van der Waals surface area (Å²) in [6, 6.07) is 0.770. The summed E-state index contributed by atoms with van der Waals surface area (Å²) in [5.41, 5.74) is 0. The molecule has 3 rings (SSSR count). The van der Waals surface area contributed by atoms with Gasteiger partial charge in [0.15, 0.2) is 0 Å². The van der Waals surface area contributed by atoms with Crippen LogP contribution in [-0.2, 0) is 10.0 Å². The maximum absolute atomic E-state index is 12.1. The van der Waals surface area contributed by atoms with Gasteiger partial charge in [-0.1, -0.05) is 13.8 Å². The summed E-state index contributed by atoms with van der Waals surface area (Å²) >= 11 is 0. The van der Waals surface area contributed by atoms with Crippen LogP contribution in [0.4, 0.5) is 0 Å². The van der Waals surface area contributed by atoms with Gasteiger partial charge in [0.1, 0.15) is 0 Å². The molecule has 3 saturated carbocycles. The molecule has 116 valence electrons. The lowest BCUT2D eigenvalue weighted by Gasteiger charge is -2.11. The van der Waals surface area contributed by atoms with Gasteiger partial charge in [-0.15, -0.1) is 0 Å². The van der Waals surface area contributed by atoms with E-state index in [1.807, 2.05) is 0 Å². The fraction of sp³-hybridized carbons (Fsp3) is 1.00. The summed E-state index contributed by atoms with van der Waals surface area (Å²) in [5, 5.41) is 3.32. The van der Waals surface area contributed by atoms with Crippen molar-refractivity contribution in [2.45, 2.75) is 58.0 Å². The standard InChI is InChI=1S/C15H28N2O2S/c1-10(2)16-7-3-4-8-20(18,19)17-15-13-11-5-6-12(9-11)14(13)15/h10-17H,3-9H2,1-2H3. The van der Waals surface area contributed by atoms with Crippen LogP contribution >= 0.6 is 0 Å². The van der Waals surface area contributed by atoms with Crippen LogP contribution in [-0.4, -0.2) is 32.8 Å². The number of rotatable bonds is 8. The molecule has 2 N–H and O–H groups in total. The Bertz CT molecular complexity index is 433. The van der Waals surface area contributed by atoms with Crippen molar-refractivity contribution in [3.63, 3.8) is 0 Å². The van der Waals surface area contributed by atoms with Crippen LogP contribution in [0.3, 0.4) is 0 Å². The molecule has 3 aliphatic rings. The highest BCUT2D eigenvalue weighted by atomic mass is 32.2. The number of unbranched alkanes of at least 4 members (excludes halogenated alkanes) is 1. The monoisotopic (exact) mass is 300 g/mol. The van der Waals surface area contributed by atoms with Crippen LogP contribution in [0.1, 0.15) is 46.0 Å². The fourth-order valence-corrected chi connectivity index (χ4v) is 5.99. The summed E-state index contributed by atoms with van der Waals surface area (Å²) in [6.07, 6.45) is 5.73. The molecule has 0 radical (unpaired) electrons. The zero-order valence-electron chi connectivity index (χ0n) is 12.6. The number of nitrogens with one attached hydrogen (secondary N) is 2. The average molecular weight is 300 g/mol. The first-order valence-electron chi connectivity index (χ1n) is 8.21. The Balaban J connectivity index is 1.37. The molecule has 0 aliphatic heterocycles. The second-order valence-corrected chi connectivity index (χ2v) is 9.14. The molecule has 0 amide bonds. The predicted molar refractivity (Wildman–Crippen MR) is 80.9 cm³/mol. The quantitative estimate of drug-likeness (QED) is 0.671. The van der Waals surface area contributed by atoms with Gasteiger partial charge in [0.2, 0.25) is 10.0 Å². The van der Waals surface area contributed by atoms with E-state index in [1.54, 1.807) is 0 Å². The van der Waals surface area contributed by atoms with Crippen molar-refractivity contribution in [2.24, 2.45) is 23.7 Å². The van der Waals surface area contributed by atoms with Gasteiger partial charge in [0, 0.05) is 12.1 Å². The Morgan fingerprint density at radius 3 is 2.35 bits per heavy atom. The van der Waals surface area contributed by atoms with Crippen molar-refractivity contribution >= 4 is 10.0 Å². The molecule has 0 heterocycles. The second-order valence-electron chi connectivity index (χ2n) is 7.27. The molecule has 0 spiro atoms. The largest absolute Gasteiger partial charge is 0.315 e. The number of hydrogen-bond donors (Lipinski definition) is 2. The van der Waals surface area contributed by atoms with E-state index in [-0.39, 0.29) is 5.75 Å². The Hall–Kier alpha value is -0.130. The Kier molecular flexibility index (Phi) is 4.13. The van der Waals surface area contributed by atoms with Gasteiger partial charge >= 0.3 is 0 Å². The van der Waals surface area contributed by atoms with Gasteiger partial charge < -0.3 is 5.32 Å². The van der Waals surface area contributed by atoms with Crippen molar-refractivity contribution in [1.29, 1.82) is 0 Å². The lowest BCUT2D eigenvalue weighted by atomic mass is 10.0. The number of hydrogen-bond acceptors (Lipinski definition) is 3. The van der Waals surface area contributed by atoms with Crippen molar-refractivity contribution < 1.29 is 8.42 Å². The maximum atomic E-state index is 12.1. The minimum Gasteiger partial charge on any atom is -0.315 e. The van der Waals surface area contributed by atoms with Crippen LogP contribution in [0.2, 0.25) is 0 Å². The zero-order chi connectivity index (χ0) is 14.3. The third-order valence-corrected chi connectivity index (χ3v) is 6.90. The van der Waals surface area contributed by atoms with E-state index in [0.29, 0.717) is 23.9 Å². The summed E-state index contributed by atoms with van der Waals surface area (Å²) in [4.78, 5) is 0. The van der Waals surface area contributed by atoms with E-state index in [1.165, 1.54) is 19.3 Å². The predicted octanol–water partition coefficient (Wildman–Crippen LogP) is 1.73. The highest BCUT2D eigenvalue weighted by Gasteiger charge is 2.65. The van der Waals surface area contributed by atoms with E-state index in [4.69, 9.17) is 0 Å². The van der Waals surface area contributed by atoms with Crippen LogP contribution in [0, 0.1) is 23.7 Å².